The number of methoxy groups -OCH3 is 1. The lowest BCUT2D eigenvalue weighted by Crippen LogP contribution is -2.63. The van der Waals surface area contributed by atoms with Gasteiger partial charge in [0.2, 0.25) is 23.6 Å². The molecule has 9 heteroatoms. The maximum atomic E-state index is 12.8. The van der Waals surface area contributed by atoms with Gasteiger partial charge in [-0.15, -0.1) is 0 Å². The number of nitrogens with one attached hydrogen (secondary N) is 3. The molecule has 0 bridgehead atoms. The first-order valence-electron chi connectivity index (χ1n) is 10.9. The lowest BCUT2D eigenvalue weighted by atomic mass is 9.73. The summed E-state index contributed by atoms with van der Waals surface area (Å²) in [5.41, 5.74) is -0.572. The van der Waals surface area contributed by atoms with Crippen LogP contribution in [-0.2, 0) is 23.9 Å². The number of carbonyl (C=O) groups excluding carboxylic acids is 4. The molecule has 3 unspecified atom stereocenters. The van der Waals surface area contributed by atoms with Crippen LogP contribution in [0.5, 0.6) is 0 Å². The van der Waals surface area contributed by atoms with Gasteiger partial charge in [-0.3, -0.25) is 19.2 Å². The van der Waals surface area contributed by atoms with Crippen molar-refractivity contribution in [2.24, 2.45) is 5.92 Å². The van der Waals surface area contributed by atoms with Crippen LogP contribution in [0.2, 0.25) is 0 Å². The van der Waals surface area contributed by atoms with E-state index in [4.69, 9.17) is 4.74 Å². The van der Waals surface area contributed by atoms with Crippen LogP contribution < -0.4 is 16.0 Å². The van der Waals surface area contributed by atoms with Crippen molar-refractivity contribution in [2.45, 2.75) is 70.4 Å². The fourth-order valence-corrected chi connectivity index (χ4v) is 4.39. The van der Waals surface area contributed by atoms with E-state index in [-0.39, 0.29) is 49.2 Å². The minimum absolute atomic E-state index is 0.0214. The molecular weight excluding hydrogens is 388 g/mol. The standard InChI is InChI=1S/C21H36N4O5/c1-15-8-4-6-10-21(15,14-22-20(29)17(13-30-3)23-16(2)26)24-18(27)12-25-11-7-5-9-19(25)28/h15,17H,4-14H2,1-3H3,(H,22,29)(H,23,26)(H,24,27). The number of piperidine rings is 1. The summed E-state index contributed by atoms with van der Waals surface area (Å²) in [5, 5.41) is 8.64. The highest BCUT2D eigenvalue weighted by atomic mass is 16.5. The number of likely N-dealkylation sites (tertiary alicyclic amines) is 1. The second-order valence-electron chi connectivity index (χ2n) is 8.55. The van der Waals surface area contributed by atoms with Crippen molar-refractivity contribution in [1.82, 2.24) is 20.9 Å². The smallest absolute Gasteiger partial charge is 0.245 e. The van der Waals surface area contributed by atoms with E-state index in [9.17, 15) is 19.2 Å². The molecule has 3 N–H and O–H groups in total. The molecule has 170 valence electrons. The Bertz CT molecular complexity index is 641. The van der Waals surface area contributed by atoms with Gasteiger partial charge in [-0.05, 0) is 31.6 Å². The lowest BCUT2D eigenvalue weighted by molar-refractivity contribution is -0.138. The number of nitrogens with zero attached hydrogens (tertiary/aromatic N) is 1. The molecule has 1 saturated heterocycles. The Labute approximate surface area is 178 Å². The molecule has 3 atom stereocenters. The summed E-state index contributed by atoms with van der Waals surface area (Å²) in [6, 6.07) is -0.787. The largest absolute Gasteiger partial charge is 0.382 e. The molecule has 0 radical (unpaired) electrons. The zero-order valence-corrected chi connectivity index (χ0v) is 18.4. The summed E-state index contributed by atoms with van der Waals surface area (Å²) in [6.07, 6.45) is 6.03. The van der Waals surface area contributed by atoms with Crippen LogP contribution in [-0.4, -0.2) is 73.5 Å². The van der Waals surface area contributed by atoms with Crippen molar-refractivity contribution >= 4 is 23.6 Å². The molecule has 2 aliphatic rings. The molecule has 1 saturated carbocycles. The van der Waals surface area contributed by atoms with Gasteiger partial charge in [-0.25, -0.2) is 0 Å². The van der Waals surface area contributed by atoms with E-state index in [2.05, 4.69) is 22.9 Å². The molecule has 2 fully saturated rings. The lowest BCUT2D eigenvalue weighted by Gasteiger charge is -2.44. The van der Waals surface area contributed by atoms with Gasteiger partial charge in [0, 0.05) is 33.5 Å². The van der Waals surface area contributed by atoms with Gasteiger partial charge >= 0.3 is 0 Å². The van der Waals surface area contributed by atoms with Crippen LogP contribution in [0.3, 0.4) is 0 Å². The Morgan fingerprint density at radius 3 is 2.63 bits per heavy atom. The van der Waals surface area contributed by atoms with E-state index in [0.717, 1.165) is 38.5 Å². The fraction of sp³-hybridized carbons (Fsp3) is 0.810. The maximum Gasteiger partial charge on any atom is 0.245 e. The Hall–Kier alpha value is -2.16. The molecule has 1 heterocycles. The zero-order chi connectivity index (χ0) is 22.1. The molecule has 2 rings (SSSR count). The van der Waals surface area contributed by atoms with Gasteiger partial charge < -0.3 is 25.6 Å². The highest BCUT2D eigenvalue weighted by Gasteiger charge is 2.40. The molecule has 30 heavy (non-hydrogen) atoms. The van der Waals surface area contributed by atoms with Crippen molar-refractivity contribution in [2.75, 3.05) is 33.4 Å². The third-order valence-electron chi connectivity index (χ3n) is 6.20. The number of ether oxygens (including phenoxy) is 1. The molecular formula is C21H36N4O5. The molecule has 9 nitrogen and oxygen atoms in total. The summed E-state index contributed by atoms with van der Waals surface area (Å²) in [5.74, 6) is -0.650. The second kappa shape index (κ2) is 11.3. The number of amides is 4. The summed E-state index contributed by atoms with van der Waals surface area (Å²) >= 11 is 0. The van der Waals surface area contributed by atoms with Crippen molar-refractivity contribution in [1.29, 1.82) is 0 Å². The summed E-state index contributed by atoms with van der Waals surface area (Å²) in [7, 11) is 1.47. The van der Waals surface area contributed by atoms with Crippen molar-refractivity contribution in [3.05, 3.63) is 0 Å². The van der Waals surface area contributed by atoms with Crippen LogP contribution in [0.15, 0.2) is 0 Å². The third kappa shape index (κ3) is 6.68. The van der Waals surface area contributed by atoms with Gasteiger partial charge in [0.05, 0.1) is 18.7 Å². The highest BCUT2D eigenvalue weighted by molar-refractivity contribution is 5.87. The quantitative estimate of drug-likeness (QED) is 0.493. The first-order chi connectivity index (χ1) is 14.3. The maximum absolute atomic E-state index is 12.8. The van der Waals surface area contributed by atoms with E-state index in [1.807, 2.05) is 0 Å². The molecule has 0 aromatic carbocycles. The first kappa shape index (κ1) is 24.1. The molecule has 0 aromatic heterocycles. The minimum atomic E-state index is -0.787. The van der Waals surface area contributed by atoms with E-state index < -0.39 is 11.6 Å². The molecule has 1 aliphatic heterocycles. The van der Waals surface area contributed by atoms with Crippen molar-refractivity contribution in [3.8, 4) is 0 Å². The Morgan fingerprint density at radius 1 is 1.23 bits per heavy atom. The Balaban J connectivity index is 2.03. The first-order valence-corrected chi connectivity index (χ1v) is 10.9. The molecule has 1 aliphatic carbocycles. The molecule has 4 amide bonds. The van der Waals surface area contributed by atoms with Crippen molar-refractivity contribution < 1.29 is 23.9 Å². The fourth-order valence-electron chi connectivity index (χ4n) is 4.39. The van der Waals surface area contributed by atoms with Crippen LogP contribution in [0, 0.1) is 5.92 Å². The average molecular weight is 425 g/mol. The predicted molar refractivity (Wildman–Crippen MR) is 111 cm³/mol. The minimum Gasteiger partial charge on any atom is -0.382 e. The van der Waals surface area contributed by atoms with E-state index >= 15 is 0 Å². The summed E-state index contributed by atoms with van der Waals surface area (Å²) < 4.78 is 5.04. The third-order valence-corrected chi connectivity index (χ3v) is 6.20. The summed E-state index contributed by atoms with van der Waals surface area (Å²) in [4.78, 5) is 50.5. The highest BCUT2D eigenvalue weighted by Crippen LogP contribution is 2.33. The van der Waals surface area contributed by atoms with Crippen LogP contribution >= 0.6 is 0 Å². The summed E-state index contributed by atoms with van der Waals surface area (Å²) in [6.45, 7) is 4.44. The Kier molecular flexibility index (Phi) is 9.08. The van der Waals surface area contributed by atoms with Crippen molar-refractivity contribution in [3.63, 3.8) is 0 Å². The normalized spacial score (nSPS) is 25.4. The number of hydrogen-bond acceptors (Lipinski definition) is 5. The van der Waals surface area contributed by atoms with Crippen LogP contribution in [0.25, 0.3) is 0 Å². The van der Waals surface area contributed by atoms with Crippen LogP contribution in [0.4, 0.5) is 0 Å². The van der Waals surface area contributed by atoms with Gasteiger partial charge in [0.25, 0.3) is 0 Å². The van der Waals surface area contributed by atoms with Crippen LogP contribution in [0.1, 0.15) is 58.8 Å². The van der Waals surface area contributed by atoms with Gasteiger partial charge in [0.15, 0.2) is 0 Å². The number of carbonyl (C=O) groups is 4. The van der Waals surface area contributed by atoms with E-state index in [0.29, 0.717) is 13.0 Å². The zero-order valence-electron chi connectivity index (χ0n) is 18.4. The van der Waals surface area contributed by atoms with Gasteiger partial charge in [-0.1, -0.05) is 19.8 Å². The van der Waals surface area contributed by atoms with Gasteiger partial charge in [0.1, 0.15) is 6.04 Å². The van der Waals surface area contributed by atoms with Gasteiger partial charge in [-0.2, -0.15) is 0 Å². The Morgan fingerprint density at radius 2 is 2.00 bits per heavy atom. The monoisotopic (exact) mass is 424 g/mol. The topological polar surface area (TPSA) is 117 Å². The number of rotatable bonds is 9. The molecule has 0 aromatic rings. The van der Waals surface area contributed by atoms with E-state index in [1.54, 1.807) is 4.90 Å². The SMILES string of the molecule is COCC(NC(C)=O)C(=O)NCC1(NC(=O)CN2CCCCC2=O)CCCCC1C. The predicted octanol–water partition coefficient (Wildman–Crippen LogP) is 0.331. The molecule has 0 spiro atoms. The number of hydrogen-bond donors (Lipinski definition) is 3. The average Bonchev–Trinajstić information content (AvgIpc) is 2.69. The van der Waals surface area contributed by atoms with E-state index in [1.165, 1.54) is 14.0 Å². The second-order valence-corrected chi connectivity index (χ2v) is 8.55.